The van der Waals surface area contributed by atoms with Crippen molar-refractivity contribution >= 4 is 15.9 Å². The van der Waals surface area contributed by atoms with E-state index in [2.05, 4.69) is 16.6 Å². The number of rotatable bonds is 8. The Labute approximate surface area is 147 Å². The van der Waals surface area contributed by atoms with E-state index >= 15 is 0 Å². The van der Waals surface area contributed by atoms with Crippen LogP contribution in [0.1, 0.15) is 15.9 Å². The minimum Gasteiger partial charge on any atom is -0.496 e. The highest BCUT2D eigenvalue weighted by atomic mass is 32.2. The average molecular weight is 360 g/mol. The zero-order valence-corrected chi connectivity index (χ0v) is 14.7. The Hall–Kier alpha value is -2.64. The number of hydrogen-bond donors (Lipinski definition) is 2. The fourth-order valence-corrected chi connectivity index (χ4v) is 3.16. The fourth-order valence-electron chi connectivity index (χ4n) is 2.16. The Morgan fingerprint density at radius 3 is 2.48 bits per heavy atom. The van der Waals surface area contributed by atoms with Gasteiger partial charge in [0.15, 0.2) is 0 Å². The average Bonchev–Trinajstić information content (AvgIpc) is 2.64. The van der Waals surface area contributed by atoms with E-state index in [1.807, 2.05) is 24.3 Å². The Morgan fingerprint density at radius 1 is 1.16 bits per heavy atom. The number of methoxy groups -OCH3 is 1. The first-order valence-electron chi connectivity index (χ1n) is 7.58. The second-order valence-electron chi connectivity index (χ2n) is 5.16. The number of carbonyl (C=O) groups is 1. The summed E-state index contributed by atoms with van der Waals surface area (Å²) in [5, 5.41) is 2.79. The number of hydrogen-bond acceptors (Lipinski definition) is 4. The third-order valence-corrected chi connectivity index (χ3v) is 4.92. The van der Waals surface area contributed by atoms with Crippen molar-refractivity contribution in [2.45, 2.75) is 11.4 Å². The minimum absolute atomic E-state index is 0.0932. The number of para-hydroxylation sites is 1. The summed E-state index contributed by atoms with van der Waals surface area (Å²) in [6, 6.07) is 13.1. The van der Waals surface area contributed by atoms with Crippen LogP contribution in [0, 0.1) is 0 Å². The molecular formula is C18H20N2O4S. The highest BCUT2D eigenvalue weighted by Crippen LogP contribution is 2.17. The van der Waals surface area contributed by atoms with Gasteiger partial charge in [-0.25, -0.2) is 13.1 Å². The Balaban J connectivity index is 2.04. The van der Waals surface area contributed by atoms with Crippen molar-refractivity contribution in [1.82, 2.24) is 10.0 Å². The molecule has 0 aliphatic heterocycles. The number of benzene rings is 2. The molecule has 0 radical (unpaired) electrons. The highest BCUT2D eigenvalue weighted by molar-refractivity contribution is 7.89. The molecule has 0 heterocycles. The van der Waals surface area contributed by atoms with Gasteiger partial charge in [0.05, 0.1) is 12.0 Å². The van der Waals surface area contributed by atoms with Gasteiger partial charge in [0, 0.05) is 24.2 Å². The van der Waals surface area contributed by atoms with Crippen LogP contribution in [0.4, 0.5) is 0 Å². The number of amides is 1. The molecule has 2 rings (SSSR count). The number of nitrogens with one attached hydrogen (secondary N) is 2. The van der Waals surface area contributed by atoms with E-state index < -0.39 is 10.0 Å². The Bertz CT molecular complexity index is 846. The van der Waals surface area contributed by atoms with Crippen molar-refractivity contribution in [1.29, 1.82) is 0 Å². The molecule has 0 aliphatic rings. The van der Waals surface area contributed by atoms with Gasteiger partial charge >= 0.3 is 0 Å². The predicted octanol–water partition coefficient (Wildman–Crippen LogP) is 2.09. The quantitative estimate of drug-likeness (QED) is 0.706. The van der Waals surface area contributed by atoms with Crippen LogP contribution < -0.4 is 14.8 Å². The SMILES string of the molecule is C=CCNS(=O)(=O)c1ccc(C(=O)NCc2ccccc2OC)cc1. The van der Waals surface area contributed by atoms with Crippen LogP contribution in [-0.4, -0.2) is 28.0 Å². The molecule has 132 valence electrons. The molecule has 2 N–H and O–H groups in total. The van der Waals surface area contributed by atoms with Crippen molar-refractivity contribution in [3.05, 3.63) is 72.3 Å². The van der Waals surface area contributed by atoms with Crippen molar-refractivity contribution < 1.29 is 17.9 Å². The molecule has 2 aromatic rings. The first-order chi connectivity index (χ1) is 12.0. The van der Waals surface area contributed by atoms with Crippen LogP contribution in [0.3, 0.4) is 0 Å². The first-order valence-corrected chi connectivity index (χ1v) is 9.07. The maximum absolute atomic E-state index is 12.2. The van der Waals surface area contributed by atoms with Gasteiger partial charge in [0.25, 0.3) is 5.91 Å². The lowest BCUT2D eigenvalue weighted by Crippen LogP contribution is -2.25. The summed E-state index contributed by atoms with van der Waals surface area (Å²) < 4.78 is 31.6. The predicted molar refractivity (Wildman–Crippen MR) is 96.0 cm³/mol. The normalized spacial score (nSPS) is 10.9. The van der Waals surface area contributed by atoms with Crippen LogP contribution in [-0.2, 0) is 16.6 Å². The van der Waals surface area contributed by atoms with E-state index in [-0.39, 0.29) is 17.3 Å². The van der Waals surface area contributed by atoms with Crippen LogP contribution in [0.5, 0.6) is 5.75 Å². The lowest BCUT2D eigenvalue weighted by molar-refractivity contribution is 0.0950. The maximum atomic E-state index is 12.2. The zero-order chi connectivity index (χ0) is 18.3. The maximum Gasteiger partial charge on any atom is 0.251 e. The summed E-state index contributed by atoms with van der Waals surface area (Å²) in [6.07, 6.45) is 1.46. The summed E-state index contributed by atoms with van der Waals surface area (Å²) in [5.74, 6) is 0.395. The van der Waals surface area contributed by atoms with Gasteiger partial charge in [0.1, 0.15) is 5.75 Å². The van der Waals surface area contributed by atoms with E-state index in [0.29, 0.717) is 17.9 Å². The van der Waals surface area contributed by atoms with Gasteiger partial charge in [-0.3, -0.25) is 4.79 Å². The fraction of sp³-hybridized carbons (Fsp3) is 0.167. The molecule has 0 aliphatic carbocycles. The van der Waals surface area contributed by atoms with E-state index in [9.17, 15) is 13.2 Å². The highest BCUT2D eigenvalue weighted by Gasteiger charge is 2.14. The molecule has 6 nitrogen and oxygen atoms in total. The third-order valence-electron chi connectivity index (χ3n) is 3.48. The summed E-state index contributed by atoms with van der Waals surface area (Å²) in [6.45, 7) is 3.92. The van der Waals surface area contributed by atoms with Gasteiger partial charge in [-0.2, -0.15) is 0 Å². The third kappa shape index (κ3) is 4.91. The first kappa shape index (κ1) is 18.7. The van der Waals surface area contributed by atoms with Crippen molar-refractivity contribution in [3.63, 3.8) is 0 Å². The molecule has 0 saturated carbocycles. The second kappa shape index (κ2) is 8.46. The molecule has 0 bridgehead atoms. The van der Waals surface area contributed by atoms with Crippen LogP contribution in [0.25, 0.3) is 0 Å². The molecule has 0 saturated heterocycles. The van der Waals surface area contributed by atoms with Gasteiger partial charge in [-0.1, -0.05) is 24.3 Å². The summed E-state index contributed by atoms with van der Waals surface area (Å²) >= 11 is 0. The summed E-state index contributed by atoms with van der Waals surface area (Å²) in [5.41, 5.74) is 1.23. The topological polar surface area (TPSA) is 84.5 Å². The standard InChI is InChI=1S/C18H20N2O4S/c1-3-12-20-25(22,23)16-10-8-14(9-11-16)18(21)19-13-15-6-4-5-7-17(15)24-2/h3-11,20H,1,12-13H2,2H3,(H,19,21). The second-order valence-corrected chi connectivity index (χ2v) is 6.93. The molecular weight excluding hydrogens is 340 g/mol. The van der Waals surface area contributed by atoms with Crippen LogP contribution in [0.2, 0.25) is 0 Å². The lowest BCUT2D eigenvalue weighted by atomic mass is 10.2. The Kier molecular flexibility index (Phi) is 6.32. The van der Waals surface area contributed by atoms with Crippen LogP contribution >= 0.6 is 0 Å². The molecule has 25 heavy (non-hydrogen) atoms. The van der Waals surface area contributed by atoms with Gasteiger partial charge in [-0.15, -0.1) is 6.58 Å². The van der Waals surface area contributed by atoms with E-state index in [0.717, 1.165) is 5.56 Å². The van der Waals surface area contributed by atoms with Gasteiger partial charge in [0.2, 0.25) is 10.0 Å². The van der Waals surface area contributed by atoms with E-state index in [1.54, 1.807) is 7.11 Å². The number of carbonyl (C=O) groups excluding carboxylic acids is 1. The molecule has 1 amide bonds. The largest absolute Gasteiger partial charge is 0.496 e. The molecule has 2 aromatic carbocycles. The van der Waals surface area contributed by atoms with E-state index in [4.69, 9.17) is 4.74 Å². The molecule has 7 heteroatoms. The molecule has 0 fully saturated rings. The minimum atomic E-state index is -3.60. The van der Waals surface area contributed by atoms with E-state index in [1.165, 1.54) is 30.3 Å². The summed E-state index contributed by atoms with van der Waals surface area (Å²) in [4.78, 5) is 12.3. The Morgan fingerprint density at radius 2 is 1.84 bits per heavy atom. The molecule has 0 unspecified atom stereocenters. The van der Waals surface area contributed by atoms with Gasteiger partial charge in [-0.05, 0) is 30.3 Å². The molecule has 0 spiro atoms. The number of ether oxygens (including phenoxy) is 1. The van der Waals surface area contributed by atoms with Crippen molar-refractivity contribution in [3.8, 4) is 5.75 Å². The van der Waals surface area contributed by atoms with Crippen LogP contribution in [0.15, 0.2) is 66.1 Å². The number of sulfonamides is 1. The lowest BCUT2D eigenvalue weighted by Gasteiger charge is -2.10. The molecule has 0 aromatic heterocycles. The van der Waals surface area contributed by atoms with Crippen molar-refractivity contribution in [2.24, 2.45) is 0 Å². The summed E-state index contributed by atoms with van der Waals surface area (Å²) in [7, 11) is -2.03. The monoisotopic (exact) mass is 360 g/mol. The zero-order valence-electron chi connectivity index (χ0n) is 13.9. The smallest absolute Gasteiger partial charge is 0.251 e. The molecule has 0 atom stereocenters. The van der Waals surface area contributed by atoms with Crippen molar-refractivity contribution in [2.75, 3.05) is 13.7 Å². The van der Waals surface area contributed by atoms with Gasteiger partial charge < -0.3 is 10.1 Å².